The molecule has 0 bridgehead atoms. The number of hydrogen-bond donors (Lipinski definition) is 2. The molecule has 0 saturated heterocycles. The Bertz CT molecular complexity index is 1110. The molecule has 0 unspecified atom stereocenters. The van der Waals surface area contributed by atoms with Crippen LogP contribution in [-0.4, -0.2) is 24.2 Å². The van der Waals surface area contributed by atoms with E-state index in [1.807, 2.05) is 44.2 Å². The van der Waals surface area contributed by atoms with Gasteiger partial charge in [0, 0.05) is 16.9 Å². The number of pyridine rings is 1. The minimum atomic E-state index is -0.325. The van der Waals surface area contributed by atoms with Crippen LogP contribution in [0.3, 0.4) is 0 Å². The third kappa shape index (κ3) is 5.00. The molecule has 3 rings (SSSR count). The maximum Gasteiger partial charge on any atom is 0.271 e. The van der Waals surface area contributed by atoms with E-state index in [0.29, 0.717) is 16.9 Å². The van der Waals surface area contributed by atoms with Gasteiger partial charge in [0.2, 0.25) is 0 Å². The molecule has 0 radical (unpaired) electrons. The summed E-state index contributed by atoms with van der Waals surface area (Å²) in [6.45, 7) is 3.75. The number of amides is 1. The molecule has 0 aliphatic heterocycles. The summed E-state index contributed by atoms with van der Waals surface area (Å²) >= 11 is 0. The quantitative estimate of drug-likeness (QED) is 0.480. The zero-order chi connectivity index (χ0) is 21.5. The second-order valence-electron chi connectivity index (χ2n) is 6.59. The number of rotatable bonds is 6. The maximum absolute atomic E-state index is 12.3. The van der Waals surface area contributed by atoms with Crippen LogP contribution in [0.4, 0.5) is 11.5 Å². The monoisotopic (exact) mass is 399 g/mol. The van der Waals surface area contributed by atoms with Crippen LogP contribution in [0.15, 0.2) is 59.7 Å². The van der Waals surface area contributed by atoms with E-state index in [0.717, 1.165) is 28.3 Å². The summed E-state index contributed by atoms with van der Waals surface area (Å²) in [4.78, 5) is 16.7. The standard InChI is InChI=1S/C23H21N5O2/c1-15-12-16(2)26-22(21(15)13-24)27-19-8-6-18(7-9-19)23(29)28-25-14-17-4-10-20(30-3)11-5-17/h4-12,14H,1-3H3,(H,26,27)(H,28,29). The van der Waals surface area contributed by atoms with Gasteiger partial charge >= 0.3 is 0 Å². The maximum atomic E-state index is 12.3. The number of carbonyl (C=O) groups is 1. The van der Waals surface area contributed by atoms with Crippen molar-refractivity contribution < 1.29 is 9.53 Å². The summed E-state index contributed by atoms with van der Waals surface area (Å²) < 4.78 is 5.10. The molecule has 2 N–H and O–H groups in total. The number of ether oxygens (including phenoxy) is 1. The average molecular weight is 399 g/mol. The molecule has 0 saturated carbocycles. The lowest BCUT2D eigenvalue weighted by Crippen LogP contribution is -2.17. The predicted octanol–water partition coefficient (Wildman–Crippen LogP) is 4.09. The van der Waals surface area contributed by atoms with E-state index in [2.05, 4.69) is 26.9 Å². The van der Waals surface area contributed by atoms with Crippen molar-refractivity contribution in [2.45, 2.75) is 13.8 Å². The van der Waals surface area contributed by atoms with E-state index in [9.17, 15) is 10.1 Å². The van der Waals surface area contributed by atoms with Crippen LogP contribution in [0.1, 0.15) is 32.7 Å². The van der Waals surface area contributed by atoms with Gasteiger partial charge in [0.05, 0.1) is 18.9 Å². The molecular formula is C23H21N5O2. The molecule has 1 heterocycles. The first-order valence-corrected chi connectivity index (χ1v) is 9.23. The van der Waals surface area contributed by atoms with E-state index in [1.165, 1.54) is 0 Å². The molecule has 0 spiro atoms. The first-order valence-electron chi connectivity index (χ1n) is 9.23. The molecule has 0 aliphatic rings. The zero-order valence-corrected chi connectivity index (χ0v) is 16.9. The number of anilines is 2. The molecule has 2 aromatic carbocycles. The van der Waals surface area contributed by atoms with Gasteiger partial charge in [-0.1, -0.05) is 0 Å². The summed E-state index contributed by atoms with van der Waals surface area (Å²) in [5.74, 6) is 0.924. The van der Waals surface area contributed by atoms with Crippen molar-refractivity contribution in [1.82, 2.24) is 10.4 Å². The lowest BCUT2D eigenvalue weighted by molar-refractivity contribution is 0.0955. The molecule has 7 heteroatoms. The van der Waals surface area contributed by atoms with Crippen molar-refractivity contribution >= 4 is 23.6 Å². The van der Waals surface area contributed by atoms with Crippen LogP contribution in [0.25, 0.3) is 0 Å². The van der Waals surface area contributed by atoms with Gasteiger partial charge in [-0.25, -0.2) is 10.4 Å². The number of benzene rings is 2. The zero-order valence-electron chi connectivity index (χ0n) is 16.9. The van der Waals surface area contributed by atoms with Crippen LogP contribution in [0.2, 0.25) is 0 Å². The molecule has 3 aromatic rings. The predicted molar refractivity (Wildman–Crippen MR) is 116 cm³/mol. The Morgan fingerprint density at radius 1 is 1.13 bits per heavy atom. The third-order valence-electron chi connectivity index (χ3n) is 4.36. The number of nitrogens with zero attached hydrogens (tertiary/aromatic N) is 3. The van der Waals surface area contributed by atoms with Crippen molar-refractivity contribution in [3.05, 3.63) is 82.5 Å². The average Bonchev–Trinajstić information content (AvgIpc) is 2.74. The van der Waals surface area contributed by atoms with E-state index in [1.54, 1.807) is 37.6 Å². The Labute approximate surface area is 175 Å². The molecule has 0 aliphatic carbocycles. The molecule has 1 aromatic heterocycles. The smallest absolute Gasteiger partial charge is 0.271 e. The van der Waals surface area contributed by atoms with Gasteiger partial charge in [0.1, 0.15) is 17.6 Å². The minimum Gasteiger partial charge on any atom is -0.497 e. The van der Waals surface area contributed by atoms with Crippen molar-refractivity contribution in [2.24, 2.45) is 5.10 Å². The van der Waals surface area contributed by atoms with Crippen LogP contribution >= 0.6 is 0 Å². The molecule has 1 amide bonds. The topological polar surface area (TPSA) is 99.4 Å². The van der Waals surface area contributed by atoms with Gasteiger partial charge in [0.15, 0.2) is 0 Å². The Morgan fingerprint density at radius 3 is 2.47 bits per heavy atom. The van der Waals surface area contributed by atoms with E-state index >= 15 is 0 Å². The normalized spacial score (nSPS) is 10.5. The van der Waals surface area contributed by atoms with Crippen LogP contribution in [0.5, 0.6) is 5.75 Å². The van der Waals surface area contributed by atoms with Crippen molar-refractivity contribution in [2.75, 3.05) is 12.4 Å². The summed E-state index contributed by atoms with van der Waals surface area (Å²) in [6.07, 6.45) is 1.56. The van der Waals surface area contributed by atoms with Gasteiger partial charge in [0.25, 0.3) is 5.91 Å². The molecule has 0 fully saturated rings. The summed E-state index contributed by atoms with van der Waals surface area (Å²) in [7, 11) is 1.60. The lowest BCUT2D eigenvalue weighted by Gasteiger charge is -2.10. The SMILES string of the molecule is COc1ccc(C=NNC(=O)c2ccc(Nc3nc(C)cc(C)c3C#N)cc2)cc1. The van der Waals surface area contributed by atoms with E-state index in [4.69, 9.17) is 4.74 Å². The molecule has 0 atom stereocenters. The number of hydrazone groups is 1. The van der Waals surface area contributed by atoms with Gasteiger partial charge in [-0.15, -0.1) is 0 Å². The number of nitriles is 1. The Hall–Kier alpha value is -4.18. The van der Waals surface area contributed by atoms with Gasteiger partial charge in [-0.3, -0.25) is 4.79 Å². The van der Waals surface area contributed by atoms with Crippen LogP contribution in [0, 0.1) is 25.2 Å². The minimum absolute atomic E-state index is 0.325. The molecule has 150 valence electrons. The second kappa shape index (κ2) is 9.34. The Balaban J connectivity index is 1.64. The third-order valence-corrected chi connectivity index (χ3v) is 4.36. The molecule has 7 nitrogen and oxygen atoms in total. The summed E-state index contributed by atoms with van der Waals surface area (Å²) in [6, 6.07) is 18.2. The highest BCUT2D eigenvalue weighted by Crippen LogP contribution is 2.22. The summed E-state index contributed by atoms with van der Waals surface area (Å²) in [5, 5.41) is 16.5. The van der Waals surface area contributed by atoms with Gasteiger partial charge < -0.3 is 10.1 Å². The van der Waals surface area contributed by atoms with Crippen molar-refractivity contribution in [3.8, 4) is 11.8 Å². The van der Waals surface area contributed by atoms with E-state index < -0.39 is 0 Å². The fourth-order valence-corrected chi connectivity index (χ4v) is 2.83. The van der Waals surface area contributed by atoms with Gasteiger partial charge in [-0.05, 0) is 79.6 Å². The van der Waals surface area contributed by atoms with Crippen LogP contribution < -0.4 is 15.5 Å². The number of aromatic nitrogens is 1. The Morgan fingerprint density at radius 2 is 1.83 bits per heavy atom. The van der Waals surface area contributed by atoms with Crippen molar-refractivity contribution in [1.29, 1.82) is 5.26 Å². The fourth-order valence-electron chi connectivity index (χ4n) is 2.83. The Kier molecular flexibility index (Phi) is 6.40. The van der Waals surface area contributed by atoms with Crippen molar-refractivity contribution in [3.63, 3.8) is 0 Å². The number of aryl methyl sites for hydroxylation is 2. The molecular weight excluding hydrogens is 378 g/mol. The fraction of sp³-hybridized carbons (Fsp3) is 0.130. The van der Waals surface area contributed by atoms with Crippen LogP contribution in [-0.2, 0) is 0 Å². The highest BCUT2D eigenvalue weighted by Gasteiger charge is 2.10. The van der Waals surface area contributed by atoms with E-state index in [-0.39, 0.29) is 5.91 Å². The largest absolute Gasteiger partial charge is 0.497 e. The summed E-state index contributed by atoms with van der Waals surface area (Å²) in [5.41, 5.74) is 6.70. The number of hydrogen-bond acceptors (Lipinski definition) is 6. The van der Waals surface area contributed by atoms with Gasteiger partial charge in [-0.2, -0.15) is 10.4 Å². The molecule has 30 heavy (non-hydrogen) atoms. The first-order chi connectivity index (χ1) is 14.5. The number of carbonyl (C=O) groups excluding carboxylic acids is 1. The number of methoxy groups -OCH3 is 1. The first kappa shape index (κ1) is 20.6. The highest BCUT2D eigenvalue weighted by atomic mass is 16.5. The lowest BCUT2D eigenvalue weighted by atomic mass is 10.1. The highest BCUT2D eigenvalue weighted by molar-refractivity contribution is 5.95. The number of nitrogens with one attached hydrogen (secondary N) is 2. The second-order valence-corrected chi connectivity index (χ2v) is 6.59.